The van der Waals surface area contributed by atoms with Crippen molar-refractivity contribution in [3.63, 3.8) is 0 Å². The molecule has 1 aliphatic rings. The lowest BCUT2D eigenvalue weighted by Crippen LogP contribution is -2.50. The van der Waals surface area contributed by atoms with E-state index in [0.717, 1.165) is 12.1 Å². The van der Waals surface area contributed by atoms with Crippen LogP contribution < -0.4 is 10.1 Å². The summed E-state index contributed by atoms with van der Waals surface area (Å²) in [5, 5.41) is 12.9. The largest absolute Gasteiger partial charge is 0.491 e. The van der Waals surface area contributed by atoms with Crippen molar-refractivity contribution in [1.82, 2.24) is 9.80 Å². The molecule has 3 rings (SSSR count). The van der Waals surface area contributed by atoms with Gasteiger partial charge in [-0.05, 0) is 48.5 Å². The van der Waals surface area contributed by atoms with Gasteiger partial charge in [-0.15, -0.1) is 0 Å². The average molecular weight is 455 g/mol. The number of aliphatic hydroxyl groups is 1. The summed E-state index contributed by atoms with van der Waals surface area (Å²) in [6, 6.07) is 9.89. The van der Waals surface area contributed by atoms with Gasteiger partial charge in [0.15, 0.2) is 0 Å². The number of piperazine rings is 1. The van der Waals surface area contributed by atoms with E-state index in [1.807, 2.05) is 9.80 Å². The van der Waals surface area contributed by atoms with Gasteiger partial charge in [0.25, 0.3) is 0 Å². The first-order valence-electron chi connectivity index (χ1n) is 10.2. The molecule has 1 amide bonds. The van der Waals surface area contributed by atoms with Gasteiger partial charge < -0.3 is 15.2 Å². The number of hydrogen-bond acceptors (Lipinski definition) is 5. The topological polar surface area (TPSA) is 65.0 Å². The van der Waals surface area contributed by atoms with Gasteiger partial charge in [-0.2, -0.15) is 13.2 Å². The second-order valence-corrected chi connectivity index (χ2v) is 7.62. The van der Waals surface area contributed by atoms with Crippen LogP contribution in [0.15, 0.2) is 48.5 Å². The van der Waals surface area contributed by atoms with Gasteiger partial charge in [0.05, 0.1) is 12.1 Å². The van der Waals surface area contributed by atoms with Crippen molar-refractivity contribution in [1.29, 1.82) is 0 Å². The first-order chi connectivity index (χ1) is 15.2. The normalized spacial score (nSPS) is 16.5. The number of hydrogen-bond donors (Lipinski definition) is 2. The van der Waals surface area contributed by atoms with E-state index in [4.69, 9.17) is 4.74 Å². The lowest BCUT2D eigenvalue weighted by atomic mass is 10.2. The number of halogens is 4. The van der Waals surface area contributed by atoms with Crippen molar-refractivity contribution in [2.24, 2.45) is 0 Å². The Balaban J connectivity index is 1.34. The second kappa shape index (κ2) is 10.8. The third-order valence-electron chi connectivity index (χ3n) is 5.05. The van der Waals surface area contributed by atoms with Gasteiger partial charge in [-0.1, -0.05) is 0 Å². The number of aliphatic hydroxyl groups excluding tert-OH is 1. The molecule has 0 aliphatic carbocycles. The fourth-order valence-corrected chi connectivity index (χ4v) is 3.35. The van der Waals surface area contributed by atoms with Crippen molar-refractivity contribution in [2.45, 2.75) is 12.3 Å². The third-order valence-corrected chi connectivity index (χ3v) is 5.05. The van der Waals surface area contributed by atoms with Crippen LogP contribution in [-0.2, 0) is 11.0 Å². The van der Waals surface area contributed by atoms with Gasteiger partial charge in [-0.3, -0.25) is 14.6 Å². The summed E-state index contributed by atoms with van der Waals surface area (Å²) in [6.45, 7) is 3.13. The highest BCUT2D eigenvalue weighted by molar-refractivity contribution is 5.92. The molecule has 174 valence electrons. The highest BCUT2D eigenvalue weighted by atomic mass is 19.4. The second-order valence-electron chi connectivity index (χ2n) is 7.62. The van der Waals surface area contributed by atoms with E-state index in [-0.39, 0.29) is 30.6 Å². The number of carbonyl (C=O) groups excluding carboxylic acids is 1. The Morgan fingerprint density at radius 2 is 1.59 bits per heavy atom. The molecular formula is C22H25F4N3O3. The van der Waals surface area contributed by atoms with E-state index in [0.29, 0.717) is 38.4 Å². The Morgan fingerprint density at radius 1 is 1.00 bits per heavy atom. The van der Waals surface area contributed by atoms with Gasteiger partial charge in [0.1, 0.15) is 24.3 Å². The lowest BCUT2D eigenvalue weighted by Gasteiger charge is -2.35. The first kappa shape index (κ1) is 24.0. The first-order valence-corrected chi connectivity index (χ1v) is 10.2. The maximum absolute atomic E-state index is 12.9. The molecule has 2 aromatic carbocycles. The number of amides is 1. The number of ether oxygens (including phenoxy) is 1. The van der Waals surface area contributed by atoms with Gasteiger partial charge in [0.2, 0.25) is 5.91 Å². The Kier molecular flexibility index (Phi) is 8.05. The van der Waals surface area contributed by atoms with Crippen LogP contribution in [0.2, 0.25) is 0 Å². The molecule has 0 spiro atoms. The number of β-amino-alcohol motifs (C(OH)–C–C–N with tert-alkyl or cyclic N) is 1. The van der Waals surface area contributed by atoms with Crippen LogP contribution in [0.5, 0.6) is 5.75 Å². The van der Waals surface area contributed by atoms with Gasteiger partial charge >= 0.3 is 6.18 Å². The van der Waals surface area contributed by atoms with Crippen molar-refractivity contribution in [3.8, 4) is 5.75 Å². The van der Waals surface area contributed by atoms with Crippen LogP contribution in [0.1, 0.15) is 5.56 Å². The molecule has 1 aliphatic heterocycles. The van der Waals surface area contributed by atoms with Gasteiger partial charge in [-0.25, -0.2) is 4.39 Å². The minimum atomic E-state index is -4.40. The number of nitrogens with zero attached hydrogens (tertiary/aromatic N) is 2. The van der Waals surface area contributed by atoms with Crippen molar-refractivity contribution < 1.29 is 32.2 Å². The Labute approximate surface area is 183 Å². The van der Waals surface area contributed by atoms with Crippen molar-refractivity contribution in [2.75, 3.05) is 51.2 Å². The molecule has 1 fully saturated rings. The third kappa shape index (κ3) is 7.47. The number of alkyl halides is 3. The van der Waals surface area contributed by atoms with Crippen LogP contribution in [0.3, 0.4) is 0 Å². The molecule has 2 N–H and O–H groups in total. The average Bonchev–Trinajstić information content (AvgIpc) is 2.75. The molecule has 0 aromatic heterocycles. The number of nitrogens with one attached hydrogen (secondary N) is 1. The number of rotatable bonds is 8. The van der Waals surface area contributed by atoms with E-state index in [2.05, 4.69) is 5.32 Å². The molecule has 0 saturated carbocycles. The Morgan fingerprint density at radius 3 is 2.19 bits per heavy atom. The maximum atomic E-state index is 12.9. The quantitative estimate of drug-likeness (QED) is 0.600. The summed E-state index contributed by atoms with van der Waals surface area (Å²) < 4.78 is 56.0. The Bertz CT molecular complexity index is 867. The minimum Gasteiger partial charge on any atom is -0.491 e. The highest BCUT2D eigenvalue weighted by Gasteiger charge is 2.30. The predicted molar refractivity (Wildman–Crippen MR) is 111 cm³/mol. The van der Waals surface area contributed by atoms with E-state index in [1.54, 1.807) is 0 Å². The molecule has 0 bridgehead atoms. The maximum Gasteiger partial charge on any atom is 0.416 e. The molecule has 0 unspecified atom stereocenters. The highest BCUT2D eigenvalue weighted by Crippen LogP contribution is 2.30. The summed E-state index contributed by atoms with van der Waals surface area (Å²) in [5.74, 6) is -0.296. The molecule has 6 nitrogen and oxygen atoms in total. The summed E-state index contributed by atoms with van der Waals surface area (Å²) in [4.78, 5) is 16.2. The van der Waals surface area contributed by atoms with Crippen molar-refractivity contribution in [3.05, 3.63) is 59.9 Å². The molecule has 2 aromatic rings. The minimum absolute atomic E-state index is 0.0361. The van der Waals surface area contributed by atoms with E-state index in [9.17, 15) is 27.5 Å². The SMILES string of the molecule is O=C(CN1CCN(C[C@@H](O)COc2ccc(C(F)(F)F)cc2)CC1)Nc1ccc(F)cc1. The van der Waals surface area contributed by atoms with E-state index < -0.39 is 17.8 Å². The smallest absolute Gasteiger partial charge is 0.416 e. The summed E-state index contributed by atoms with van der Waals surface area (Å²) in [6.07, 6.45) is -5.20. The molecule has 10 heteroatoms. The molecule has 1 heterocycles. The number of carbonyl (C=O) groups is 1. The molecule has 1 saturated heterocycles. The molecule has 32 heavy (non-hydrogen) atoms. The van der Waals surface area contributed by atoms with Gasteiger partial charge in [0, 0.05) is 38.4 Å². The lowest BCUT2D eigenvalue weighted by molar-refractivity contribution is -0.137. The van der Waals surface area contributed by atoms with Crippen LogP contribution in [0.4, 0.5) is 23.2 Å². The zero-order valence-corrected chi connectivity index (χ0v) is 17.3. The number of anilines is 1. The molecular weight excluding hydrogens is 430 g/mol. The Hall–Kier alpha value is -2.69. The van der Waals surface area contributed by atoms with Crippen LogP contribution in [-0.4, -0.2) is 72.8 Å². The predicted octanol–water partition coefficient (Wildman–Crippen LogP) is 2.84. The molecule has 1 atom stereocenters. The van der Waals surface area contributed by atoms with Crippen LogP contribution in [0.25, 0.3) is 0 Å². The van der Waals surface area contributed by atoms with E-state index in [1.165, 1.54) is 36.4 Å². The fourth-order valence-electron chi connectivity index (χ4n) is 3.35. The van der Waals surface area contributed by atoms with Crippen LogP contribution in [0, 0.1) is 5.82 Å². The zero-order valence-electron chi connectivity index (χ0n) is 17.3. The van der Waals surface area contributed by atoms with E-state index >= 15 is 0 Å². The summed E-state index contributed by atoms with van der Waals surface area (Å²) in [7, 11) is 0. The summed E-state index contributed by atoms with van der Waals surface area (Å²) >= 11 is 0. The zero-order chi connectivity index (χ0) is 23.1. The van der Waals surface area contributed by atoms with Crippen molar-refractivity contribution >= 4 is 11.6 Å². The van der Waals surface area contributed by atoms with Crippen LogP contribution >= 0.6 is 0 Å². The monoisotopic (exact) mass is 455 g/mol. The number of benzene rings is 2. The molecule has 0 radical (unpaired) electrons. The summed E-state index contributed by atoms with van der Waals surface area (Å²) in [5.41, 5.74) is -0.221. The fraction of sp³-hybridized carbons (Fsp3) is 0.409. The standard InChI is InChI=1S/C22H25F4N3O3/c23-17-3-5-18(6-4-17)27-21(31)14-29-11-9-28(10-12-29)13-19(30)15-32-20-7-1-16(2-8-20)22(24,25)26/h1-8,19,30H,9-15H2,(H,27,31)/t19-/m1/s1.